The van der Waals surface area contributed by atoms with Gasteiger partial charge in [0, 0.05) is 28.5 Å². The van der Waals surface area contributed by atoms with Gasteiger partial charge in [0.05, 0.1) is 5.69 Å². The van der Waals surface area contributed by atoms with E-state index in [0.29, 0.717) is 28.0 Å². The van der Waals surface area contributed by atoms with Crippen LogP contribution < -0.4 is 10.2 Å². The molecule has 1 saturated heterocycles. The van der Waals surface area contributed by atoms with Gasteiger partial charge in [0.2, 0.25) is 0 Å². The van der Waals surface area contributed by atoms with Crippen LogP contribution in [-0.4, -0.2) is 22.4 Å². The van der Waals surface area contributed by atoms with Gasteiger partial charge in [-0.3, -0.25) is 14.9 Å². The van der Waals surface area contributed by atoms with Crippen molar-refractivity contribution in [3.63, 3.8) is 0 Å². The van der Waals surface area contributed by atoms with Crippen molar-refractivity contribution in [1.82, 2.24) is 9.88 Å². The average Bonchev–Trinajstić information content (AvgIpc) is 3.20. The number of carbonyl (C=O) groups is 3. The molecule has 1 N–H and O–H groups in total. The van der Waals surface area contributed by atoms with E-state index in [4.69, 9.17) is 23.2 Å². The van der Waals surface area contributed by atoms with E-state index in [1.54, 1.807) is 36.4 Å². The van der Waals surface area contributed by atoms with Crippen LogP contribution in [0.4, 0.5) is 10.5 Å². The summed E-state index contributed by atoms with van der Waals surface area (Å²) in [6.45, 7) is 2.43. The van der Waals surface area contributed by atoms with Crippen LogP contribution in [0.5, 0.6) is 0 Å². The number of hydrogen-bond donors (Lipinski definition) is 1. The average molecular weight is 468 g/mol. The Morgan fingerprint density at radius 1 is 1.00 bits per heavy atom. The Bertz CT molecular complexity index is 1250. The van der Waals surface area contributed by atoms with Gasteiger partial charge in [-0.25, -0.2) is 9.69 Å². The molecule has 0 spiro atoms. The van der Waals surface area contributed by atoms with Crippen LogP contribution in [0.3, 0.4) is 0 Å². The molecule has 1 aliphatic rings. The first-order valence-corrected chi connectivity index (χ1v) is 10.7. The number of nitrogens with one attached hydrogen (secondary N) is 1. The zero-order valence-electron chi connectivity index (χ0n) is 17.1. The van der Waals surface area contributed by atoms with Crippen LogP contribution in [0.25, 0.3) is 6.08 Å². The third-order valence-corrected chi connectivity index (χ3v) is 5.80. The highest BCUT2D eigenvalue weighted by Crippen LogP contribution is 2.25. The van der Waals surface area contributed by atoms with Gasteiger partial charge >= 0.3 is 6.03 Å². The molecule has 0 atom stereocenters. The van der Waals surface area contributed by atoms with Crippen molar-refractivity contribution in [3.05, 3.63) is 93.2 Å². The summed E-state index contributed by atoms with van der Waals surface area (Å²) >= 11 is 12.3. The number of aromatic nitrogens is 1. The van der Waals surface area contributed by atoms with Crippen LogP contribution in [0, 0.1) is 0 Å². The van der Waals surface area contributed by atoms with Crippen molar-refractivity contribution < 1.29 is 14.4 Å². The Kier molecular flexibility index (Phi) is 6.17. The summed E-state index contributed by atoms with van der Waals surface area (Å²) in [5.41, 5.74) is 2.78. The molecule has 1 aromatic heterocycles. The Hall–Kier alpha value is -3.35. The highest BCUT2D eigenvalue weighted by molar-refractivity contribution is 6.39. The van der Waals surface area contributed by atoms with E-state index < -0.39 is 17.8 Å². The lowest BCUT2D eigenvalue weighted by Crippen LogP contribution is -2.54. The molecule has 2 aromatic carbocycles. The van der Waals surface area contributed by atoms with Crippen LogP contribution in [0.1, 0.15) is 23.7 Å². The first kappa shape index (κ1) is 21.9. The van der Waals surface area contributed by atoms with Gasteiger partial charge in [0.15, 0.2) is 0 Å². The van der Waals surface area contributed by atoms with Gasteiger partial charge in [0.25, 0.3) is 11.8 Å². The van der Waals surface area contributed by atoms with E-state index in [-0.39, 0.29) is 5.57 Å². The Balaban J connectivity index is 1.66. The number of aryl methyl sites for hydroxylation is 1. The monoisotopic (exact) mass is 467 g/mol. The Labute approximate surface area is 195 Å². The predicted molar refractivity (Wildman–Crippen MR) is 125 cm³/mol. The molecule has 162 valence electrons. The maximum atomic E-state index is 13.1. The van der Waals surface area contributed by atoms with Crippen LogP contribution in [0.2, 0.25) is 10.0 Å². The fraction of sp³-hybridized carbons (Fsp3) is 0.125. The van der Waals surface area contributed by atoms with E-state index in [1.165, 1.54) is 6.08 Å². The van der Waals surface area contributed by atoms with Gasteiger partial charge in [-0.1, -0.05) is 48.3 Å². The topological polar surface area (TPSA) is 71.4 Å². The van der Waals surface area contributed by atoms with Crippen molar-refractivity contribution in [2.75, 3.05) is 4.90 Å². The third kappa shape index (κ3) is 4.33. The molecule has 0 bridgehead atoms. The molecule has 0 saturated carbocycles. The van der Waals surface area contributed by atoms with Crippen LogP contribution in [0.15, 0.2) is 66.4 Å². The van der Waals surface area contributed by atoms with Gasteiger partial charge < -0.3 is 4.57 Å². The van der Waals surface area contributed by atoms with E-state index in [1.807, 2.05) is 35.9 Å². The second-order valence-corrected chi connectivity index (χ2v) is 8.12. The molecule has 4 rings (SSSR count). The lowest BCUT2D eigenvalue weighted by atomic mass is 10.1. The summed E-state index contributed by atoms with van der Waals surface area (Å²) in [6.07, 6.45) is 4.12. The molecule has 1 aliphatic heterocycles. The number of nitrogens with zero attached hydrogens (tertiary/aromatic N) is 2. The molecule has 0 radical (unpaired) electrons. The number of rotatable bonds is 5. The molecule has 8 heteroatoms. The number of carbonyl (C=O) groups excluding carboxylic acids is 3. The van der Waals surface area contributed by atoms with E-state index in [9.17, 15) is 14.4 Å². The number of amides is 4. The fourth-order valence-corrected chi connectivity index (χ4v) is 3.92. The molecule has 6 nitrogen and oxygen atoms in total. The number of halogens is 2. The largest absolute Gasteiger partial charge is 0.343 e. The number of imide groups is 2. The van der Waals surface area contributed by atoms with Crippen molar-refractivity contribution in [1.29, 1.82) is 0 Å². The number of barbiturate groups is 1. The summed E-state index contributed by atoms with van der Waals surface area (Å²) in [5, 5.41) is 3.30. The summed E-state index contributed by atoms with van der Waals surface area (Å²) in [5.74, 6) is -1.42. The number of benzene rings is 2. The zero-order chi connectivity index (χ0) is 22.8. The minimum Gasteiger partial charge on any atom is -0.343 e. The second-order valence-electron chi connectivity index (χ2n) is 7.27. The maximum Gasteiger partial charge on any atom is 0.335 e. The lowest BCUT2D eigenvalue weighted by Gasteiger charge is -2.26. The van der Waals surface area contributed by atoms with Gasteiger partial charge in [-0.2, -0.15) is 0 Å². The predicted octanol–water partition coefficient (Wildman–Crippen LogP) is 5.07. The van der Waals surface area contributed by atoms with Crippen molar-refractivity contribution in [2.45, 2.75) is 19.9 Å². The zero-order valence-corrected chi connectivity index (χ0v) is 18.7. The number of anilines is 1. The molecule has 3 aromatic rings. The number of hydrogen-bond acceptors (Lipinski definition) is 3. The second kappa shape index (κ2) is 9.02. The SMILES string of the molecule is CCc1ccc(N2C(=O)NC(=O)/C(=C/c3cccn3Cc3ccc(Cl)cc3Cl)C2=O)cc1. The van der Waals surface area contributed by atoms with Crippen LogP contribution >= 0.6 is 23.2 Å². The maximum absolute atomic E-state index is 13.1. The molecule has 2 heterocycles. The summed E-state index contributed by atoms with van der Waals surface area (Å²) in [6, 6.07) is 15.1. The highest BCUT2D eigenvalue weighted by atomic mass is 35.5. The smallest absolute Gasteiger partial charge is 0.335 e. The fourth-order valence-electron chi connectivity index (χ4n) is 3.46. The standard InChI is InChI=1S/C24H19Cl2N3O3/c1-2-15-5-9-18(10-6-15)29-23(31)20(22(30)27-24(29)32)13-19-4-3-11-28(19)14-16-7-8-17(25)12-21(16)26/h3-13H,2,14H2,1H3,(H,27,30,32)/b20-13-. The van der Waals surface area contributed by atoms with E-state index in [2.05, 4.69) is 5.32 Å². The summed E-state index contributed by atoms with van der Waals surface area (Å²) in [7, 11) is 0. The minimum atomic E-state index is -0.773. The molecule has 1 fully saturated rings. The Morgan fingerprint density at radius 3 is 2.44 bits per heavy atom. The normalized spacial score (nSPS) is 15.4. The van der Waals surface area contributed by atoms with Gasteiger partial charge in [-0.15, -0.1) is 0 Å². The van der Waals surface area contributed by atoms with Gasteiger partial charge in [-0.05, 0) is 60.0 Å². The van der Waals surface area contributed by atoms with E-state index in [0.717, 1.165) is 22.4 Å². The van der Waals surface area contributed by atoms with Gasteiger partial charge in [0.1, 0.15) is 5.57 Å². The first-order valence-electron chi connectivity index (χ1n) is 9.97. The molecule has 32 heavy (non-hydrogen) atoms. The van der Waals surface area contributed by atoms with E-state index >= 15 is 0 Å². The number of urea groups is 1. The molecule has 0 aliphatic carbocycles. The highest BCUT2D eigenvalue weighted by Gasteiger charge is 2.36. The minimum absolute atomic E-state index is 0.133. The first-order chi connectivity index (χ1) is 15.4. The molecular formula is C24H19Cl2N3O3. The quantitative estimate of drug-likeness (QED) is 0.420. The Morgan fingerprint density at radius 2 is 1.75 bits per heavy atom. The van der Waals surface area contributed by atoms with Crippen molar-refractivity contribution in [3.8, 4) is 0 Å². The third-order valence-electron chi connectivity index (χ3n) is 5.22. The summed E-state index contributed by atoms with van der Waals surface area (Å²) in [4.78, 5) is 39.0. The van der Waals surface area contributed by atoms with Crippen molar-refractivity contribution >= 4 is 52.8 Å². The van der Waals surface area contributed by atoms with Crippen molar-refractivity contribution in [2.24, 2.45) is 0 Å². The van der Waals surface area contributed by atoms with Crippen LogP contribution in [-0.2, 0) is 22.6 Å². The molecule has 0 unspecified atom stereocenters. The lowest BCUT2D eigenvalue weighted by molar-refractivity contribution is -0.122. The molecular weight excluding hydrogens is 449 g/mol. The summed E-state index contributed by atoms with van der Waals surface area (Å²) < 4.78 is 1.85. The molecule has 4 amide bonds.